The lowest BCUT2D eigenvalue weighted by molar-refractivity contribution is 0.0000183. The molecule has 0 spiro atoms. The molecular weight excluding hydrogens is 484 g/mol. The van der Waals surface area contributed by atoms with Crippen molar-refractivity contribution in [1.82, 2.24) is 18.8 Å². The zero-order valence-electron chi connectivity index (χ0n) is 21.5. The molecule has 36 heavy (non-hydrogen) atoms. The summed E-state index contributed by atoms with van der Waals surface area (Å²) in [4.78, 5) is 41.0. The van der Waals surface area contributed by atoms with Crippen molar-refractivity contribution in [3.05, 3.63) is 39.0 Å². The number of carbonyl (C=O) groups is 1. The van der Waals surface area contributed by atoms with E-state index < -0.39 is 44.5 Å². The number of likely N-dealkylation sites (tertiary alicyclic amines) is 1. The Kier molecular flexibility index (Phi) is 5.50. The van der Waals surface area contributed by atoms with Crippen LogP contribution in [0.25, 0.3) is 10.9 Å². The molecule has 1 amide bonds. The van der Waals surface area contributed by atoms with Crippen molar-refractivity contribution in [3.63, 3.8) is 0 Å². The average Bonchev–Trinajstić information content (AvgIpc) is 3.63. The molecule has 0 radical (unpaired) electrons. The molecule has 1 aromatic heterocycles. The van der Waals surface area contributed by atoms with Gasteiger partial charge in [-0.1, -0.05) is 6.92 Å². The lowest BCUT2D eigenvalue weighted by Crippen LogP contribution is -2.57. The van der Waals surface area contributed by atoms with Gasteiger partial charge in [0, 0.05) is 25.2 Å². The van der Waals surface area contributed by atoms with Crippen LogP contribution in [0.2, 0.25) is 0 Å². The van der Waals surface area contributed by atoms with E-state index >= 15 is 0 Å². The van der Waals surface area contributed by atoms with Crippen LogP contribution < -0.4 is 16.0 Å². The van der Waals surface area contributed by atoms with Crippen molar-refractivity contribution in [2.24, 2.45) is 5.41 Å². The van der Waals surface area contributed by atoms with Gasteiger partial charge >= 0.3 is 11.8 Å². The number of nitrogens with zero attached hydrogens (tertiary/aromatic N) is 3. The SMILES string of the molecule is CC1(Cn2c(=O)n(C3CN(C(=O)OC(C)(C)C)C3)c(=O)c3cc(S(=O)(=O)NC4(C)CC4)ccc32)CC1. The predicted octanol–water partition coefficient (Wildman–Crippen LogP) is 2.59. The lowest BCUT2D eigenvalue weighted by atomic mass is 10.1. The Morgan fingerprint density at radius 3 is 2.31 bits per heavy atom. The van der Waals surface area contributed by atoms with E-state index in [-0.39, 0.29) is 28.8 Å². The van der Waals surface area contributed by atoms with E-state index in [1.165, 1.54) is 21.6 Å². The second-order valence-electron chi connectivity index (χ2n) is 12.2. The molecule has 2 aliphatic carbocycles. The molecule has 11 heteroatoms. The van der Waals surface area contributed by atoms with E-state index in [9.17, 15) is 22.8 Å². The second kappa shape index (κ2) is 7.92. The largest absolute Gasteiger partial charge is 0.444 e. The number of sulfonamides is 1. The standard InChI is InChI=1S/C25H34N4O6S/c1-23(2,3)35-22(32)27-13-16(14-27)29-20(30)18-12-17(36(33,34)26-25(5)10-11-25)6-7-19(18)28(21(29)31)15-24(4)8-9-24/h6-7,12,16,26H,8-11,13-15H2,1-5H3. The minimum Gasteiger partial charge on any atom is -0.444 e. The highest BCUT2D eigenvalue weighted by Gasteiger charge is 2.42. The highest BCUT2D eigenvalue weighted by Crippen LogP contribution is 2.46. The van der Waals surface area contributed by atoms with Crippen LogP contribution in [0, 0.1) is 5.41 Å². The molecule has 3 aliphatic rings. The van der Waals surface area contributed by atoms with Crippen molar-refractivity contribution >= 4 is 27.0 Å². The third kappa shape index (κ3) is 4.70. The summed E-state index contributed by atoms with van der Waals surface area (Å²) < 4.78 is 36.9. The van der Waals surface area contributed by atoms with E-state index in [1.54, 1.807) is 31.4 Å². The molecule has 1 aliphatic heterocycles. The lowest BCUT2D eigenvalue weighted by Gasteiger charge is -2.40. The molecule has 2 aromatic rings. The first-order chi connectivity index (χ1) is 16.6. The molecule has 1 aromatic carbocycles. The van der Waals surface area contributed by atoms with Crippen LogP contribution in [-0.2, 0) is 21.3 Å². The van der Waals surface area contributed by atoms with E-state index in [1.807, 2.05) is 6.92 Å². The summed E-state index contributed by atoms with van der Waals surface area (Å²) >= 11 is 0. The Balaban J connectivity index is 1.55. The Labute approximate surface area is 210 Å². The van der Waals surface area contributed by atoms with Crippen LogP contribution in [0.5, 0.6) is 0 Å². The van der Waals surface area contributed by atoms with Gasteiger partial charge in [-0.15, -0.1) is 0 Å². The molecular formula is C25H34N4O6S. The number of rotatable bonds is 6. The van der Waals surface area contributed by atoms with Gasteiger partial charge in [0.2, 0.25) is 10.0 Å². The van der Waals surface area contributed by atoms with Gasteiger partial charge in [0.1, 0.15) is 5.60 Å². The summed E-state index contributed by atoms with van der Waals surface area (Å²) in [6, 6.07) is 3.88. The molecule has 2 heterocycles. The fraction of sp³-hybridized carbons (Fsp3) is 0.640. The van der Waals surface area contributed by atoms with Crippen LogP contribution in [0.4, 0.5) is 4.79 Å². The molecule has 0 atom stereocenters. The minimum atomic E-state index is -3.83. The van der Waals surface area contributed by atoms with Crippen LogP contribution in [-0.4, -0.2) is 52.8 Å². The van der Waals surface area contributed by atoms with Crippen molar-refractivity contribution in [2.45, 2.75) is 88.9 Å². The first-order valence-electron chi connectivity index (χ1n) is 12.4. The first kappa shape index (κ1) is 25.0. The number of aromatic nitrogens is 2. The number of ether oxygens (including phenoxy) is 1. The molecule has 5 rings (SSSR count). The van der Waals surface area contributed by atoms with Gasteiger partial charge < -0.3 is 9.64 Å². The number of carbonyl (C=O) groups excluding carboxylic acids is 1. The van der Waals surface area contributed by atoms with Crippen molar-refractivity contribution < 1.29 is 17.9 Å². The van der Waals surface area contributed by atoms with Crippen LogP contribution in [0.1, 0.15) is 66.3 Å². The fourth-order valence-corrected chi connectivity index (χ4v) is 6.02. The molecule has 0 bridgehead atoms. The van der Waals surface area contributed by atoms with Crippen LogP contribution >= 0.6 is 0 Å². The van der Waals surface area contributed by atoms with E-state index in [0.717, 1.165) is 25.7 Å². The second-order valence-corrected chi connectivity index (χ2v) is 13.9. The number of hydrogen-bond acceptors (Lipinski definition) is 6. The van der Waals surface area contributed by atoms with Crippen LogP contribution in [0.15, 0.2) is 32.7 Å². The Morgan fingerprint density at radius 2 is 1.75 bits per heavy atom. The number of fused-ring (bicyclic) bond motifs is 1. The molecule has 1 saturated heterocycles. The zero-order chi connectivity index (χ0) is 26.3. The van der Waals surface area contributed by atoms with Crippen molar-refractivity contribution in [1.29, 1.82) is 0 Å². The van der Waals surface area contributed by atoms with Gasteiger partial charge in [0.05, 0.1) is 21.8 Å². The number of hydrogen-bond donors (Lipinski definition) is 1. The monoisotopic (exact) mass is 518 g/mol. The fourth-order valence-electron chi connectivity index (χ4n) is 4.53. The van der Waals surface area contributed by atoms with E-state index in [0.29, 0.717) is 12.1 Å². The maximum absolute atomic E-state index is 13.6. The average molecular weight is 519 g/mol. The van der Waals surface area contributed by atoms with Crippen LogP contribution in [0.3, 0.4) is 0 Å². The number of nitrogens with one attached hydrogen (secondary N) is 1. The highest BCUT2D eigenvalue weighted by molar-refractivity contribution is 7.89. The van der Waals surface area contributed by atoms with Gasteiger partial charge in [-0.2, -0.15) is 0 Å². The Bertz CT molecular complexity index is 1470. The van der Waals surface area contributed by atoms with Crippen molar-refractivity contribution in [3.8, 4) is 0 Å². The summed E-state index contributed by atoms with van der Waals surface area (Å²) in [6.07, 6.45) is 2.99. The molecule has 0 unspecified atom stereocenters. The third-order valence-electron chi connectivity index (χ3n) is 7.36. The van der Waals surface area contributed by atoms with Crippen molar-refractivity contribution in [2.75, 3.05) is 13.1 Å². The summed E-state index contributed by atoms with van der Waals surface area (Å²) in [7, 11) is -3.83. The van der Waals surface area contributed by atoms with Gasteiger partial charge in [0.25, 0.3) is 5.56 Å². The zero-order valence-corrected chi connectivity index (χ0v) is 22.3. The molecule has 196 valence electrons. The normalized spacial score (nSPS) is 20.8. The topological polar surface area (TPSA) is 120 Å². The maximum Gasteiger partial charge on any atom is 0.410 e. The summed E-state index contributed by atoms with van der Waals surface area (Å²) in [5, 5.41) is 0.179. The number of amides is 1. The summed E-state index contributed by atoms with van der Waals surface area (Å²) in [5.74, 6) is 0. The summed E-state index contributed by atoms with van der Waals surface area (Å²) in [6.45, 7) is 10.0. The molecule has 1 N–H and O–H groups in total. The third-order valence-corrected chi connectivity index (χ3v) is 8.99. The number of benzene rings is 1. The molecule has 3 fully saturated rings. The predicted molar refractivity (Wildman–Crippen MR) is 135 cm³/mol. The Morgan fingerprint density at radius 1 is 1.11 bits per heavy atom. The summed E-state index contributed by atoms with van der Waals surface area (Å²) in [5.41, 5.74) is -1.70. The van der Waals surface area contributed by atoms with Gasteiger partial charge in [-0.3, -0.25) is 13.9 Å². The van der Waals surface area contributed by atoms with Gasteiger partial charge in [0.15, 0.2) is 0 Å². The van der Waals surface area contributed by atoms with E-state index in [4.69, 9.17) is 4.74 Å². The quantitative estimate of drug-likeness (QED) is 0.628. The molecule has 10 nitrogen and oxygen atoms in total. The molecule has 2 saturated carbocycles. The smallest absolute Gasteiger partial charge is 0.410 e. The highest BCUT2D eigenvalue weighted by atomic mass is 32.2. The minimum absolute atomic E-state index is 0.00130. The first-order valence-corrected chi connectivity index (χ1v) is 13.9. The van der Waals surface area contributed by atoms with E-state index in [2.05, 4.69) is 11.6 Å². The maximum atomic E-state index is 13.6. The Hall–Kier alpha value is -2.66. The van der Waals surface area contributed by atoms with Gasteiger partial charge in [-0.25, -0.2) is 22.7 Å². The van der Waals surface area contributed by atoms with Gasteiger partial charge in [-0.05, 0) is 77.0 Å².